The zero-order valence-electron chi connectivity index (χ0n) is 31.3. The number of hydrogen-bond donors (Lipinski definition) is 0. The molecule has 0 unspecified atom stereocenters. The molecule has 2 aliphatic rings. The molecule has 0 saturated carbocycles. The third kappa shape index (κ3) is 4.58. The average Bonchev–Trinajstić information content (AvgIpc) is 3.65. The number of fused-ring (bicyclic) bond motifs is 12. The van der Waals surface area contributed by atoms with E-state index in [2.05, 4.69) is 191 Å². The normalized spacial score (nSPS) is 13.4. The first-order valence-electron chi connectivity index (χ1n) is 19.7. The quantitative estimate of drug-likeness (QED) is 0.180. The van der Waals surface area contributed by atoms with E-state index < -0.39 is 5.41 Å². The summed E-state index contributed by atoms with van der Waals surface area (Å²) in [5.41, 5.74) is 12.2. The zero-order chi connectivity index (χ0) is 38.2. The molecule has 5 nitrogen and oxygen atoms in total. The lowest BCUT2D eigenvalue weighted by molar-refractivity contribution is 0.439. The van der Waals surface area contributed by atoms with Gasteiger partial charge in [0.15, 0.2) is 5.82 Å². The highest BCUT2D eigenvalue weighted by Crippen LogP contribution is 2.64. The predicted molar refractivity (Wildman–Crippen MR) is 234 cm³/mol. The molecule has 0 fully saturated rings. The molecule has 272 valence electrons. The largest absolute Gasteiger partial charge is 0.456 e. The van der Waals surface area contributed by atoms with Gasteiger partial charge in [0.2, 0.25) is 0 Å². The van der Waals surface area contributed by atoms with Gasteiger partial charge in [-0.1, -0.05) is 158 Å². The van der Waals surface area contributed by atoms with Crippen molar-refractivity contribution in [1.29, 1.82) is 0 Å². The van der Waals surface area contributed by atoms with Crippen molar-refractivity contribution in [1.82, 2.24) is 14.5 Å². The summed E-state index contributed by atoms with van der Waals surface area (Å²) in [6, 6.07) is 72.9. The second kappa shape index (κ2) is 12.6. The van der Waals surface area contributed by atoms with Crippen molar-refractivity contribution in [3.8, 4) is 40.0 Å². The Morgan fingerprint density at radius 1 is 0.448 bits per heavy atom. The van der Waals surface area contributed by atoms with Gasteiger partial charge in [-0.05, 0) is 53.6 Å². The molecule has 0 radical (unpaired) electrons. The smallest absolute Gasteiger partial charge is 0.162 e. The first kappa shape index (κ1) is 32.5. The van der Waals surface area contributed by atoms with Crippen LogP contribution < -0.4 is 9.64 Å². The first-order valence-corrected chi connectivity index (χ1v) is 19.7. The molecule has 10 aromatic rings. The summed E-state index contributed by atoms with van der Waals surface area (Å²) in [6.45, 7) is 0. The van der Waals surface area contributed by atoms with Crippen molar-refractivity contribution in [2.45, 2.75) is 5.41 Å². The summed E-state index contributed by atoms with van der Waals surface area (Å²) < 4.78 is 9.52. The Morgan fingerprint density at radius 2 is 1.03 bits per heavy atom. The van der Waals surface area contributed by atoms with E-state index in [1.165, 1.54) is 11.1 Å². The number of anilines is 3. The predicted octanol–water partition coefficient (Wildman–Crippen LogP) is 13.2. The Bertz CT molecular complexity index is 3110. The highest BCUT2D eigenvalue weighted by atomic mass is 16.5. The zero-order valence-corrected chi connectivity index (χ0v) is 31.3. The monoisotopic (exact) mass is 742 g/mol. The van der Waals surface area contributed by atoms with Crippen LogP contribution in [0.25, 0.3) is 50.3 Å². The lowest BCUT2D eigenvalue weighted by atomic mass is 9.61. The van der Waals surface area contributed by atoms with Crippen LogP contribution in [0.2, 0.25) is 0 Å². The fourth-order valence-corrected chi connectivity index (χ4v) is 9.50. The minimum atomic E-state index is -0.685. The van der Waals surface area contributed by atoms with Crippen molar-refractivity contribution in [2.24, 2.45) is 0 Å². The maximum absolute atomic E-state index is 7.24. The molecule has 1 spiro atoms. The molecule has 0 saturated heterocycles. The Hall–Kier alpha value is -7.76. The van der Waals surface area contributed by atoms with Gasteiger partial charge in [0.1, 0.15) is 17.3 Å². The van der Waals surface area contributed by atoms with Gasteiger partial charge >= 0.3 is 0 Å². The standard InChI is InChI=1S/C53H34N4O/c1-4-18-35(19-5-1)43-34-49(55-52(54-43)36-20-6-2-7-21-36)57-44-28-14-10-24-38(44)50-47(57)33-32-42-51(50)58-48-31-17-13-27-41(48)53(42)39-25-11-15-29-45(39)56(37-22-8-3-9-23-37)46-30-16-12-26-40(46)53/h1-34H. The maximum Gasteiger partial charge on any atom is 0.162 e. The Balaban J connectivity index is 1.18. The number of ether oxygens (including phenoxy) is 1. The van der Waals surface area contributed by atoms with Crippen LogP contribution in [-0.4, -0.2) is 14.5 Å². The van der Waals surface area contributed by atoms with Crippen LogP contribution in [0.1, 0.15) is 22.3 Å². The molecule has 12 rings (SSSR count). The van der Waals surface area contributed by atoms with E-state index in [0.717, 1.165) is 84.1 Å². The number of hydrogen-bond acceptors (Lipinski definition) is 4. The van der Waals surface area contributed by atoms with Crippen molar-refractivity contribution >= 4 is 38.9 Å². The molecular weight excluding hydrogens is 709 g/mol. The van der Waals surface area contributed by atoms with Crippen molar-refractivity contribution in [3.63, 3.8) is 0 Å². The molecule has 2 aromatic heterocycles. The molecule has 8 aromatic carbocycles. The summed E-state index contributed by atoms with van der Waals surface area (Å²) in [5.74, 6) is 3.15. The van der Waals surface area contributed by atoms with Gasteiger partial charge in [-0.3, -0.25) is 4.57 Å². The van der Waals surface area contributed by atoms with Crippen LogP contribution in [0.15, 0.2) is 206 Å². The molecular formula is C53H34N4O. The Kier molecular flexibility index (Phi) is 7.07. The number of benzene rings is 8. The van der Waals surface area contributed by atoms with Crippen LogP contribution >= 0.6 is 0 Å². The molecule has 0 atom stereocenters. The Morgan fingerprint density at radius 3 is 1.76 bits per heavy atom. The maximum atomic E-state index is 7.24. The van der Waals surface area contributed by atoms with Crippen LogP contribution in [0.4, 0.5) is 17.1 Å². The molecule has 0 aliphatic carbocycles. The first-order chi connectivity index (χ1) is 28.8. The van der Waals surface area contributed by atoms with Crippen LogP contribution in [0, 0.1) is 0 Å². The molecule has 5 heteroatoms. The number of para-hydroxylation sites is 5. The second-order valence-corrected chi connectivity index (χ2v) is 14.9. The SMILES string of the molecule is c1ccc(-c2cc(-n3c4ccccc4c4c5c(ccc43)C3(c4ccccc4O5)c4ccccc4N(c4ccccc4)c4ccccc43)nc(-c3ccccc3)n2)cc1. The van der Waals surface area contributed by atoms with Crippen LogP contribution in [0.5, 0.6) is 11.5 Å². The van der Waals surface area contributed by atoms with Gasteiger partial charge in [0.25, 0.3) is 0 Å². The molecule has 0 bridgehead atoms. The van der Waals surface area contributed by atoms with E-state index in [0.29, 0.717) is 5.82 Å². The van der Waals surface area contributed by atoms with E-state index in [1.807, 2.05) is 24.3 Å². The summed E-state index contributed by atoms with van der Waals surface area (Å²) >= 11 is 0. The third-order valence-electron chi connectivity index (χ3n) is 11.9. The van der Waals surface area contributed by atoms with Crippen molar-refractivity contribution in [2.75, 3.05) is 4.90 Å². The number of nitrogens with zero attached hydrogens (tertiary/aromatic N) is 4. The van der Waals surface area contributed by atoms with Gasteiger partial charge in [0, 0.05) is 39.4 Å². The lowest BCUT2D eigenvalue weighted by Gasteiger charge is -2.48. The highest BCUT2D eigenvalue weighted by Gasteiger charge is 2.51. The number of rotatable bonds is 4. The van der Waals surface area contributed by atoms with E-state index in [1.54, 1.807) is 0 Å². The summed E-state index contributed by atoms with van der Waals surface area (Å²) in [7, 11) is 0. The minimum absolute atomic E-state index is 0.670. The van der Waals surface area contributed by atoms with Crippen LogP contribution in [-0.2, 0) is 5.41 Å². The van der Waals surface area contributed by atoms with E-state index in [4.69, 9.17) is 14.7 Å². The topological polar surface area (TPSA) is 43.2 Å². The highest BCUT2D eigenvalue weighted by molar-refractivity contribution is 6.13. The second-order valence-electron chi connectivity index (χ2n) is 14.9. The Labute approximate surface area is 335 Å². The summed E-state index contributed by atoms with van der Waals surface area (Å²) in [6.07, 6.45) is 0. The van der Waals surface area contributed by atoms with E-state index in [9.17, 15) is 0 Å². The van der Waals surface area contributed by atoms with E-state index in [-0.39, 0.29) is 0 Å². The minimum Gasteiger partial charge on any atom is -0.456 e. The van der Waals surface area contributed by atoms with Crippen molar-refractivity contribution in [3.05, 3.63) is 229 Å². The molecule has 0 N–H and O–H groups in total. The molecule has 0 amide bonds. The van der Waals surface area contributed by atoms with Gasteiger partial charge in [-0.15, -0.1) is 0 Å². The lowest BCUT2D eigenvalue weighted by Crippen LogP contribution is -2.39. The average molecular weight is 743 g/mol. The third-order valence-corrected chi connectivity index (χ3v) is 11.9. The van der Waals surface area contributed by atoms with Crippen LogP contribution in [0.3, 0.4) is 0 Å². The van der Waals surface area contributed by atoms with Gasteiger partial charge in [0.05, 0.1) is 38.9 Å². The van der Waals surface area contributed by atoms with Gasteiger partial charge < -0.3 is 9.64 Å². The van der Waals surface area contributed by atoms with Crippen molar-refractivity contribution < 1.29 is 4.74 Å². The molecule has 4 heterocycles. The summed E-state index contributed by atoms with van der Waals surface area (Å²) in [4.78, 5) is 12.8. The van der Waals surface area contributed by atoms with Gasteiger partial charge in [-0.25, -0.2) is 9.97 Å². The van der Waals surface area contributed by atoms with E-state index >= 15 is 0 Å². The number of aromatic nitrogens is 3. The molecule has 58 heavy (non-hydrogen) atoms. The fraction of sp³-hybridized carbons (Fsp3) is 0.0189. The van der Waals surface area contributed by atoms with Gasteiger partial charge in [-0.2, -0.15) is 0 Å². The summed E-state index contributed by atoms with van der Waals surface area (Å²) in [5, 5.41) is 2.14. The fourth-order valence-electron chi connectivity index (χ4n) is 9.50. The molecule has 2 aliphatic heterocycles.